The summed E-state index contributed by atoms with van der Waals surface area (Å²) in [6, 6.07) is 8.43. The third kappa shape index (κ3) is 4.51. The van der Waals surface area contributed by atoms with Crippen LogP contribution in [-0.2, 0) is 11.2 Å². The van der Waals surface area contributed by atoms with Crippen LogP contribution in [0.25, 0.3) is 0 Å². The Kier molecular flexibility index (Phi) is 6.32. The second kappa shape index (κ2) is 7.51. The SMILES string of the molecule is Cc1ccccc1CCC(=O)N1CCC[C@@H](N)C1.Cl. The van der Waals surface area contributed by atoms with E-state index in [-0.39, 0.29) is 24.4 Å². The molecule has 106 valence electrons. The molecule has 2 rings (SSSR count). The van der Waals surface area contributed by atoms with Gasteiger partial charge in [0.05, 0.1) is 0 Å². The van der Waals surface area contributed by atoms with Crippen molar-refractivity contribution < 1.29 is 4.79 Å². The maximum Gasteiger partial charge on any atom is 0.222 e. The van der Waals surface area contributed by atoms with Crippen LogP contribution in [0.1, 0.15) is 30.4 Å². The second-order valence-electron chi connectivity index (χ2n) is 5.17. The summed E-state index contributed by atoms with van der Waals surface area (Å²) in [7, 11) is 0. The minimum absolute atomic E-state index is 0. The molecule has 0 aliphatic carbocycles. The third-order valence-electron chi connectivity index (χ3n) is 3.68. The first kappa shape index (κ1) is 16.0. The summed E-state index contributed by atoms with van der Waals surface area (Å²) in [4.78, 5) is 14.0. The van der Waals surface area contributed by atoms with E-state index in [1.165, 1.54) is 11.1 Å². The molecule has 1 fully saturated rings. The number of carbonyl (C=O) groups excluding carboxylic acids is 1. The molecule has 0 saturated carbocycles. The third-order valence-corrected chi connectivity index (χ3v) is 3.68. The zero-order valence-corrected chi connectivity index (χ0v) is 12.3. The Morgan fingerprint density at radius 3 is 2.84 bits per heavy atom. The van der Waals surface area contributed by atoms with Crippen molar-refractivity contribution in [2.45, 2.75) is 38.6 Å². The average molecular weight is 283 g/mol. The van der Waals surface area contributed by atoms with Crippen LogP contribution in [-0.4, -0.2) is 29.9 Å². The van der Waals surface area contributed by atoms with Gasteiger partial charge in [0.1, 0.15) is 0 Å². The van der Waals surface area contributed by atoms with Gasteiger partial charge in [-0.2, -0.15) is 0 Å². The Balaban J connectivity index is 0.00000180. The quantitative estimate of drug-likeness (QED) is 0.925. The number of amides is 1. The van der Waals surface area contributed by atoms with Crippen LogP contribution in [0, 0.1) is 6.92 Å². The van der Waals surface area contributed by atoms with E-state index >= 15 is 0 Å². The Morgan fingerprint density at radius 2 is 2.16 bits per heavy atom. The van der Waals surface area contributed by atoms with Gasteiger partial charge in [-0.3, -0.25) is 4.79 Å². The number of aryl methyl sites for hydroxylation is 2. The number of hydrogen-bond acceptors (Lipinski definition) is 2. The maximum absolute atomic E-state index is 12.1. The van der Waals surface area contributed by atoms with Crippen LogP contribution in [0.15, 0.2) is 24.3 Å². The standard InChI is InChI=1S/C15H22N2O.ClH/c1-12-5-2-3-6-13(12)8-9-15(18)17-10-4-7-14(16)11-17;/h2-3,5-6,14H,4,7-11,16H2,1H3;1H/t14-;/m1./s1. The molecule has 0 spiro atoms. The lowest BCUT2D eigenvalue weighted by Gasteiger charge is -2.30. The Morgan fingerprint density at radius 1 is 1.42 bits per heavy atom. The van der Waals surface area contributed by atoms with Crippen molar-refractivity contribution in [3.63, 3.8) is 0 Å². The lowest BCUT2D eigenvalue weighted by atomic mass is 10.0. The molecule has 0 aromatic heterocycles. The van der Waals surface area contributed by atoms with Crippen molar-refractivity contribution in [3.8, 4) is 0 Å². The first-order chi connectivity index (χ1) is 8.66. The summed E-state index contributed by atoms with van der Waals surface area (Å²) in [6.45, 7) is 3.70. The van der Waals surface area contributed by atoms with Crippen molar-refractivity contribution in [1.82, 2.24) is 4.90 Å². The maximum atomic E-state index is 12.1. The zero-order valence-electron chi connectivity index (χ0n) is 11.5. The highest BCUT2D eigenvalue weighted by molar-refractivity contribution is 5.85. The number of halogens is 1. The lowest BCUT2D eigenvalue weighted by Crippen LogP contribution is -2.45. The molecule has 2 N–H and O–H groups in total. The first-order valence-corrected chi connectivity index (χ1v) is 6.74. The summed E-state index contributed by atoms with van der Waals surface area (Å²) in [6.07, 6.45) is 3.51. The minimum Gasteiger partial charge on any atom is -0.341 e. The van der Waals surface area contributed by atoms with Crippen molar-refractivity contribution in [3.05, 3.63) is 35.4 Å². The summed E-state index contributed by atoms with van der Waals surface area (Å²) in [5.74, 6) is 0.244. The molecule has 1 saturated heterocycles. The van der Waals surface area contributed by atoms with Gasteiger partial charge in [0.2, 0.25) is 5.91 Å². The fraction of sp³-hybridized carbons (Fsp3) is 0.533. The molecule has 1 aliphatic rings. The van der Waals surface area contributed by atoms with Gasteiger partial charge < -0.3 is 10.6 Å². The predicted octanol–water partition coefficient (Wildman–Crippen LogP) is 2.30. The smallest absolute Gasteiger partial charge is 0.222 e. The van der Waals surface area contributed by atoms with E-state index in [9.17, 15) is 4.79 Å². The molecule has 1 aliphatic heterocycles. The number of rotatable bonds is 3. The largest absolute Gasteiger partial charge is 0.341 e. The molecule has 1 amide bonds. The van der Waals surface area contributed by atoms with E-state index in [1.807, 2.05) is 17.0 Å². The molecular weight excluding hydrogens is 260 g/mol. The number of likely N-dealkylation sites (tertiary alicyclic amines) is 1. The predicted molar refractivity (Wildman–Crippen MR) is 80.5 cm³/mol. The monoisotopic (exact) mass is 282 g/mol. The fourth-order valence-corrected chi connectivity index (χ4v) is 2.53. The zero-order chi connectivity index (χ0) is 13.0. The number of hydrogen-bond donors (Lipinski definition) is 1. The van der Waals surface area contributed by atoms with Crippen LogP contribution in [0.2, 0.25) is 0 Å². The summed E-state index contributed by atoms with van der Waals surface area (Å²) < 4.78 is 0. The van der Waals surface area contributed by atoms with E-state index in [1.54, 1.807) is 0 Å². The van der Waals surface area contributed by atoms with Gasteiger partial charge in [-0.25, -0.2) is 0 Å². The van der Waals surface area contributed by atoms with Crippen LogP contribution < -0.4 is 5.73 Å². The Bertz CT molecular complexity index is 422. The van der Waals surface area contributed by atoms with Gasteiger partial charge in [0.25, 0.3) is 0 Å². The van der Waals surface area contributed by atoms with Gasteiger partial charge in [-0.15, -0.1) is 12.4 Å². The average Bonchev–Trinajstić information content (AvgIpc) is 2.37. The summed E-state index contributed by atoms with van der Waals surface area (Å²) >= 11 is 0. The normalized spacial score (nSPS) is 18.8. The summed E-state index contributed by atoms with van der Waals surface area (Å²) in [5.41, 5.74) is 8.44. The van der Waals surface area contributed by atoms with Gasteiger partial charge in [0, 0.05) is 25.6 Å². The Hall–Kier alpha value is -1.06. The van der Waals surface area contributed by atoms with E-state index in [4.69, 9.17) is 5.73 Å². The van der Waals surface area contributed by atoms with Crippen molar-refractivity contribution in [2.75, 3.05) is 13.1 Å². The van der Waals surface area contributed by atoms with E-state index in [2.05, 4.69) is 19.1 Å². The molecule has 19 heavy (non-hydrogen) atoms. The fourth-order valence-electron chi connectivity index (χ4n) is 2.53. The molecular formula is C15H23ClN2O. The number of piperidine rings is 1. The molecule has 1 atom stereocenters. The van der Waals surface area contributed by atoms with E-state index < -0.39 is 0 Å². The number of nitrogens with zero attached hydrogens (tertiary/aromatic N) is 1. The van der Waals surface area contributed by atoms with Crippen LogP contribution in [0.5, 0.6) is 0 Å². The first-order valence-electron chi connectivity index (χ1n) is 6.74. The van der Waals surface area contributed by atoms with Gasteiger partial charge in [0.15, 0.2) is 0 Å². The molecule has 1 aromatic carbocycles. The molecule has 0 radical (unpaired) electrons. The van der Waals surface area contributed by atoms with Crippen LogP contribution >= 0.6 is 12.4 Å². The molecule has 0 bridgehead atoms. The minimum atomic E-state index is 0. The van der Waals surface area contributed by atoms with Crippen LogP contribution in [0.3, 0.4) is 0 Å². The highest BCUT2D eigenvalue weighted by Gasteiger charge is 2.20. The van der Waals surface area contributed by atoms with Gasteiger partial charge in [-0.05, 0) is 37.3 Å². The van der Waals surface area contributed by atoms with E-state index in [0.29, 0.717) is 6.42 Å². The molecule has 1 heterocycles. The molecule has 0 unspecified atom stereocenters. The highest BCUT2D eigenvalue weighted by atomic mass is 35.5. The van der Waals surface area contributed by atoms with Crippen molar-refractivity contribution in [1.29, 1.82) is 0 Å². The molecule has 3 nitrogen and oxygen atoms in total. The number of benzene rings is 1. The second-order valence-corrected chi connectivity index (χ2v) is 5.17. The van der Waals surface area contributed by atoms with Crippen LogP contribution in [0.4, 0.5) is 0 Å². The topological polar surface area (TPSA) is 46.3 Å². The van der Waals surface area contributed by atoms with Gasteiger partial charge in [-0.1, -0.05) is 24.3 Å². The highest BCUT2D eigenvalue weighted by Crippen LogP contribution is 2.13. The number of carbonyl (C=O) groups is 1. The molecule has 4 heteroatoms. The summed E-state index contributed by atoms with van der Waals surface area (Å²) in [5, 5.41) is 0. The van der Waals surface area contributed by atoms with Gasteiger partial charge >= 0.3 is 0 Å². The van der Waals surface area contributed by atoms with Crippen molar-refractivity contribution in [2.24, 2.45) is 5.73 Å². The lowest BCUT2D eigenvalue weighted by molar-refractivity contribution is -0.132. The van der Waals surface area contributed by atoms with Crippen molar-refractivity contribution >= 4 is 18.3 Å². The number of nitrogens with two attached hydrogens (primary N) is 1. The Labute approximate surface area is 121 Å². The molecule has 1 aromatic rings. The van der Waals surface area contributed by atoms with E-state index in [0.717, 1.165) is 32.4 Å².